The topological polar surface area (TPSA) is 142 Å². The Hall–Kier alpha value is -3.82. The highest BCUT2D eigenvalue weighted by Crippen LogP contribution is 2.12. The smallest absolute Gasteiger partial charge is 0.269 e. The summed E-state index contributed by atoms with van der Waals surface area (Å²) in [6.07, 6.45) is 22.1. The zero-order valence-electron chi connectivity index (χ0n) is 29.0. The third-order valence-electron chi connectivity index (χ3n) is 8.78. The van der Waals surface area contributed by atoms with Gasteiger partial charge in [-0.1, -0.05) is 115 Å². The number of fused-ring (bicyclic) bond motifs is 4. The first-order valence-electron chi connectivity index (χ1n) is 18.6. The average molecular weight is 663 g/mol. The number of aromatic nitrogens is 2. The van der Waals surface area contributed by atoms with E-state index in [2.05, 4.69) is 31.2 Å². The van der Waals surface area contributed by atoms with E-state index in [1.807, 2.05) is 0 Å². The van der Waals surface area contributed by atoms with Gasteiger partial charge in [-0.25, -0.2) is 9.97 Å². The molecular weight excluding hydrogens is 604 g/mol. The summed E-state index contributed by atoms with van der Waals surface area (Å²) >= 11 is 0. The fourth-order valence-corrected chi connectivity index (χ4v) is 5.87. The monoisotopic (exact) mass is 662 g/mol. The van der Waals surface area contributed by atoms with Crippen molar-refractivity contribution in [2.24, 2.45) is 0 Å². The molecule has 0 atom stereocenters. The fraction of sp³-hybridized carbons (Fsp3) is 0.632. The lowest BCUT2D eigenvalue weighted by Gasteiger charge is -2.08. The third kappa shape index (κ3) is 16.3. The molecule has 10 heteroatoms. The van der Waals surface area contributed by atoms with Crippen molar-refractivity contribution in [3.8, 4) is 0 Å². The van der Waals surface area contributed by atoms with E-state index < -0.39 is 0 Å². The second-order valence-electron chi connectivity index (χ2n) is 12.9. The molecule has 0 aromatic carbocycles. The molecule has 1 aliphatic rings. The van der Waals surface area contributed by atoms with Crippen LogP contribution in [0.25, 0.3) is 0 Å². The van der Waals surface area contributed by atoms with Crippen LogP contribution >= 0.6 is 0 Å². The van der Waals surface area contributed by atoms with Gasteiger partial charge in [0.25, 0.3) is 23.6 Å². The first-order chi connectivity index (χ1) is 23.5. The summed E-state index contributed by atoms with van der Waals surface area (Å²) in [5, 5.41) is 11.8. The van der Waals surface area contributed by atoms with Gasteiger partial charge in [-0.3, -0.25) is 19.2 Å². The minimum atomic E-state index is -0.238. The van der Waals surface area contributed by atoms with Crippen molar-refractivity contribution < 1.29 is 19.2 Å². The number of hydrogen-bond acceptors (Lipinski definition) is 6. The molecule has 0 fully saturated rings. The van der Waals surface area contributed by atoms with Gasteiger partial charge in [0.1, 0.15) is 22.8 Å². The van der Waals surface area contributed by atoms with Crippen LogP contribution in [-0.2, 0) is 0 Å². The second-order valence-corrected chi connectivity index (χ2v) is 12.9. The molecule has 10 nitrogen and oxygen atoms in total. The van der Waals surface area contributed by atoms with Crippen molar-refractivity contribution in [3.63, 3.8) is 0 Å². The molecule has 1 aliphatic heterocycles. The van der Waals surface area contributed by atoms with Gasteiger partial charge in [-0.2, -0.15) is 0 Å². The average Bonchev–Trinajstić information content (AvgIpc) is 3.11. The lowest BCUT2D eigenvalue weighted by atomic mass is 10.1. The number of amides is 4. The standard InChI is InChI=1S/C38H58N6O4/c45-35-31-23-21-25-33(43-31)37(47)41-29-19-15-11-7-3-4-8-12-16-20-30-42-38(48)34-26-22-24-32(44-34)36(46)40-28-18-14-10-6-2-1-5-9-13-17-27-39-35/h21-26H,1-20,27-30H2,(H,39,45)(H,40,46)(H,41,47)(H,42,48). The highest BCUT2D eigenvalue weighted by atomic mass is 16.2. The minimum absolute atomic E-state index is 0.238. The number of pyridine rings is 2. The van der Waals surface area contributed by atoms with Crippen LogP contribution in [-0.4, -0.2) is 59.8 Å². The second kappa shape index (κ2) is 24.3. The molecule has 4 amide bonds. The van der Waals surface area contributed by atoms with Gasteiger partial charge in [0.2, 0.25) is 0 Å². The van der Waals surface area contributed by atoms with Gasteiger partial charge in [0, 0.05) is 26.2 Å². The highest BCUT2D eigenvalue weighted by molar-refractivity contribution is 5.97. The summed E-state index contributed by atoms with van der Waals surface area (Å²) < 4.78 is 0. The predicted molar refractivity (Wildman–Crippen MR) is 190 cm³/mol. The summed E-state index contributed by atoms with van der Waals surface area (Å²) in [5.41, 5.74) is 1.10. The van der Waals surface area contributed by atoms with Gasteiger partial charge >= 0.3 is 0 Å². The van der Waals surface area contributed by atoms with E-state index in [9.17, 15) is 19.2 Å². The van der Waals surface area contributed by atoms with E-state index >= 15 is 0 Å². The Bertz CT molecular complexity index is 1070. The molecule has 0 unspecified atom stereocenters. The Kier molecular flexibility index (Phi) is 19.6. The molecular formula is C38H58N6O4. The summed E-state index contributed by atoms with van der Waals surface area (Å²) in [6, 6.07) is 10.0. The van der Waals surface area contributed by atoms with Gasteiger partial charge in [-0.05, 0) is 49.9 Å². The van der Waals surface area contributed by atoms with Crippen molar-refractivity contribution in [2.75, 3.05) is 26.2 Å². The number of rotatable bonds is 0. The quantitative estimate of drug-likeness (QED) is 0.242. The molecule has 4 N–H and O–H groups in total. The van der Waals surface area contributed by atoms with Crippen LogP contribution in [0, 0.1) is 0 Å². The van der Waals surface area contributed by atoms with E-state index in [-0.39, 0.29) is 46.4 Å². The van der Waals surface area contributed by atoms with Crippen molar-refractivity contribution in [3.05, 3.63) is 59.2 Å². The Labute approximate surface area is 287 Å². The Balaban J connectivity index is 1.39. The van der Waals surface area contributed by atoms with Crippen LogP contribution in [0.15, 0.2) is 36.4 Å². The maximum Gasteiger partial charge on any atom is 0.269 e. The number of nitrogens with one attached hydrogen (secondary N) is 4. The molecule has 0 spiro atoms. The predicted octanol–water partition coefficient (Wildman–Crippen LogP) is 6.91. The van der Waals surface area contributed by atoms with Gasteiger partial charge in [-0.15, -0.1) is 0 Å². The molecule has 4 bridgehead atoms. The van der Waals surface area contributed by atoms with Crippen molar-refractivity contribution >= 4 is 23.6 Å². The van der Waals surface area contributed by atoms with Crippen molar-refractivity contribution in [1.29, 1.82) is 0 Å². The van der Waals surface area contributed by atoms with Crippen LogP contribution in [0.5, 0.6) is 0 Å². The van der Waals surface area contributed by atoms with Crippen LogP contribution < -0.4 is 21.3 Å². The van der Waals surface area contributed by atoms with E-state index in [1.165, 1.54) is 51.4 Å². The zero-order chi connectivity index (χ0) is 34.1. The van der Waals surface area contributed by atoms with Gasteiger partial charge in [0.15, 0.2) is 0 Å². The number of carbonyl (C=O) groups is 4. The molecule has 2 aromatic rings. The SMILES string of the molecule is O=C1NCCCCCCCCCCCCNC(=O)c2cccc(n2)C(=O)NCCCCCCCCCCCCNC(=O)c2cccc1n2. The molecule has 264 valence electrons. The summed E-state index contributed by atoms with van der Waals surface area (Å²) in [5.74, 6) is -0.953. The largest absolute Gasteiger partial charge is 0.351 e. The zero-order valence-corrected chi connectivity index (χ0v) is 29.0. The lowest BCUT2D eigenvalue weighted by molar-refractivity contribution is 0.0927. The van der Waals surface area contributed by atoms with E-state index in [1.54, 1.807) is 36.4 Å². The molecule has 3 heterocycles. The summed E-state index contributed by atoms with van der Waals surface area (Å²) in [4.78, 5) is 58.9. The van der Waals surface area contributed by atoms with Crippen molar-refractivity contribution in [1.82, 2.24) is 31.2 Å². The Morgan fingerprint density at radius 1 is 0.312 bits per heavy atom. The summed E-state index contributed by atoms with van der Waals surface area (Å²) in [7, 11) is 0. The van der Waals surface area contributed by atoms with E-state index in [4.69, 9.17) is 0 Å². The normalized spacial score (nSPS) is 19.3. The molecule has 48 heavy (non-hydrogen) atoms. The fourth-order valence-electron chi connectivity index (χ4n) is 5.87. The molecule has 0 aliphatic carbocycles. The summed E-state index contributed by atoms with van der Waals surface area (Å²) in [6.45, 7) is 2.41. The maximum atomic E-state index is 12.6. The molecule has 0 saturated heterocycles. The Morgan fingerprint density at radius 2 is 0.500 bits per heavy atom. The van der Waals surface area contributed by atoms with Crippen LogP contribution in [0.3, 0.4) is 0 Å². The molecule has 0 saturated carbocycles. The molecule has 0 radical (unpaired) electrons. The first kappa shape index (κ1) is 38.6. The third-order valence-corrected chi connectivity index (χ3v) is 8.78. The molecule has 2 aromatic heterocycles. The highest BCUT2D eigenvalue weighted by Gasteiger charge is 2.13. The molecule has 3 rings (SSSR count). The Morgan fingerprint density at radius 3 is 0.708 bits per heavy atom. The number of nitrogens with zero attached hydrogens (tertiary/aromatic N) is 2. The van der Waals surface area contributed by atoms with E-state index in [0.29, 0.717) is 26.2 Å². The maximum absolute atomic E-state index is 12.6. The lowest BCUT2D eigenvalue weighted by Crippen LogP contribution is -2.28. The van der Waals surface area contributed by atoms with E-state index in [0.717, 1.165) is 77.0 Å². The van der Waals surface area contributed by atoms with Crippen molar-refractivity contribution in [2.45, 2.75) is 128 Å². The minimum Gasteiger partial charge on any atom is -0.351 e. The first-order valence-corrected chi connectivity index (χ1v) is 18.6. The van der Waals surface area contributed by atoms with Crippen LogP contribution in [0.1, 0.15) is 170 Å². The number of hydrogen-bond donors (Lipinski definition) is 4. The number of carbonyl (C=O) groups excluding carboxylic acids is 4. The van der Waals surface area contributed by atoms with Crippen LogP contribution in [0.4, 0.5) is 0 Å². The van der Waals surface area contributed by atoms with Crippen LogP contribution in [0.2, 0.25) is 0 Å². The van der Waals surface area contributed by atoms with Gasteiger partial charge < -0.3 is 21.3 Å². The van der Waals surface area contributed by atoms with Gasteiger partial charge in [0.05, 0.1) is 0 Å².